The molecule has 0 aromatic heterocycles. The number of ether oxygens (including phenoxy) is 1. The van der Waals surface area contributed by atoms with Gasteiger partial charge >= 0.3 is 0 Å². The van der Waals surface area contributed by atoms with Crippen LogP contribution in [0.2, 0.25) is 0 Å². The van der Waals surface area contributed by atoms with Crippen LogP contribution in [0, 0.1) is 0 Å². The number of hydrogen-bond acceptors (Lipinski definition) is 5. The number of anilines is 1. The zero-order valence-electron chi connectivity index (χ0n) is 18.1. The van der Waals surface area contributed by atoms with E-state index in [0.29, 0.717) is 37.7 Å². The molecule has 7 nitrogen and oxygen atoms in total. The predicted octanol–water partition coefficient (Wildman–Crippen LogP) is 3.46. The highest BCUT2D eigenvalue weighted by Crippen LogP contribution is 2.31. The Morgan fingerprint density at radius 1 is 0.967 bits per heavy atom. The maximum atomic E-state index is 13.2. The second kappa shape index (κ2) is 11.1. The summed E-state index contributed by atoms with van der Waals surface area (Å²) in [6, 6.07) is 4.90. The van der Waals surface area contributed by atoms with Gasteiger partial charge in [0.2, 0.25) is 15.9 Å². The summed E-state index contributed by atoms with van der Waals surface area (Å²) < 4.78 is 33.6. The lowest BCUT2D eigenvalue weighted by Crippen LogP contribution is -2.36. The van der Waals surface area contributed by atoms with Gasteiger partial charge in [-0.05, 0) is 63.9 Å². The van der Waals surface area contributed by atoms with Crippen LogP contribution in [0.4, 0.5) is 5.69 Å². The van der Waals surface area contributed by atoms with Crippen molar-refractivity contribution in [2.24, 2.45) is 0 Å². The molecule has 2 aliphatic heterocycles. The summed E-state index contributed by atoms with van der Waals surface area (Å²) in [5.41, 5.74) is 0.492. The van der Waals surface area contributed by atoms with E-state index in [0.717, 1.165) is 45.2 Å². The van der Waals surface area contributed by atoms with Gasteiger partial charge in [-0.15, -0.1) is 0 Å². The van der Waals surface area contributed by atoms with E-state index in [-0.39, 0.29) is 10.8 Å². The quantitative estimate of drug-likeness (QED) is 0.707. The highest BCUT2D eigenvalue weighted by molar-refractivity contribution is 7.89. The average Bonchev–Trinajstić information content (AvgIpc) is 2.72. The topological polar surface area (TPSA) is 79.0 Å². The first kappa shape index (κ1) is 23.0. The number of carbonyl (C=O) groups excluding carboxylic acids is 1. The van der Waals surface area contributed by atoms with Gasteiger partial charge in [-0.2, -0.15) is 4.31 Å². The largest absolute Gasteiger partial charge is 0.492 e. The van der Waals surface area contributed by atoms with Crippen molar-refractivity contribution >= 4 is 21.6 Å². The maximum absolute atomic E-state index is 13.2. The van der Waals surface area contributed by atoms with Gasteiger partial charge in [0, 0.05) is 18.8 Å². The van der Waals surface area contributed by atoms with E-state index in [9.17, 15) is 13.2 Å². The Kier molecular flexibility index (Phi) is 8.53. The Labute approximate surface area is 180 Å². The first-order valence-electron chi connectivity index (χ1n) is 11.3. The molecule has 1 aromatic rings. The van der Waals surface area contributed by atoms with Crippen LogP contribution >= 0.6 is 0 Å². The van der Waals surface area contributed by atoms with Crippen molar-refractivity contribution in [2.75, 3.05) is 44.6 Å². The number of hydrogen-bond donors (Lipinski definition) is 1. The molecule has 1 aromatic carbocycles. The highest BCUT2D eigenvalue weighted by Gasteiger charge is 2.29. The van der Waals surface area contributed by atoms with Crippen LogP contribution in [0.15, 0.2) is 23.1 Å². The first-order chi connectivity index (χ1) is 14.5. The zero-order chi connectivity index (χ0) is 21.4. The van der Waals surface area contributed by atoms with Gasteiger partial charge in [0.25, 0.3) is 0 Å². The van der Waals surface area contributed by atoms with Crippen molar-refractivity contribution in [1.82, 2.24) is 9.21 Å². The van der Waals surface area contributed by atoms with E-state index < -0.39 is 10.0 Å². The van der Waals surface area contributed by atoms with E-state index in [1.807, 2.05) is 6.92 Å². The Hall–Kier alpha value is -1.64. The SMILES string of the molecule is CCOc1ccc(NC(=O)CN2CCCCCCC2)cc1S(=O)(=O)N1CCCCC1. The van der Waals surface area contributed by atoms with Crippen LogP contribution in [0.25, 0.3) is 0 Å². The van der Waals surface area contributed by atoms with Crippen LogP contribution in [-0.2, 0) is 14.8 Å². The van der Waals surface area contributed by atoms with E-state index in [4.69, 9.17) is 4.74 Å². The van der Waals surface area contributed by atoms with E-state index in [1.54, 1.807) is 18.2 Å². The summed E-state index contributed by atoms with van der Waals surface area (Å²) in [5, 5.41) is 2.89. The third-order valence-corrected chi connectivity index (χ3v) is 7.70. The molecule has 2 heterocycles. The van der Waals surface area contributed by atoms with Gasteiger partial charge in [0.1, 0.15) is 10.6 Å². The van der Waals surface area contributed by atoms with E-state index >= 15 is 0 Å². The maximum Gasteiger partial charge on any atom is 0.246 e. The second-order valence-corrected chi connectivity index (χ2v) is 10.1. The lowest BCUT2D eigenvalue weighted by molar-refractivity contribution is -0.117. The monoisotopic (exact) mass is 437 g/mol. The number of sulfonamides is 1. The number of amides is 1. The Balaban J connectivity index is 1.73. The summed E-state index contributed by atoms with van der Waals surface area (Å²) in [6.07, 6.45) is 8.74. The Morgan fingerprint density at radius 3 is 2.23 bits per heavy atom. The van der Waals surface area contributed by atoms with Crippen molar-refractivity contribution in [3.8, 4) is 5.75 Å². The lowest BCUT2D eigenvalue weighted by Gasteiger charge is -2.27. The second-order valence-electron chi connectivity index (χ2n) is 8.15. The summed E-state index contributed by atoms with van der Waals surface area (Å²) in [7, 11) is -3.66. The third-order valence-electron chi connectivity index (χ3n) is 5.78. The van der Waals surface area contributed by atoms with Crippen molar-refractivity contribution in [1.29, 1.82) is 0 Å². The molecular weight excluding hydrogens is 402 g/mol. The van der Waals surface area contributed by atoms with Crippen LogP contribution in [-0.4, -0.2) is 62.9 Å². The number of nitrogens with zero attached hydrogens (tertiary/aromatic N) is 2. The number of benzene rings is 1. The van der Waals surface area contributed by atoms with Crippen molar-refractivity contribution in [3.05, 3.63) is 18.2 Å². The molecule has 0 radical (unpaired) electrons. The molecule has 3 rings (SSSR count). The van der Waals surface area contributed by atoms with Crippen LogP contribution in [0.3, 0.4) is 0 Å². The fraction of sp³-hybridized carbons (Fsp3) is 0.682. The fourth-order valence-electron chi connectivity index (χ4n) is 4.18. The van der Waals surface area contributed by atoms with Gasteiger partial charge in [0.15, 0.2) is 0 Å². The summed E-state index contributed by atoms with van der Waals surface area (Å²) in [4.78, 5) is 14.9. The van der Waals surface area contributed by atoms with Crippen LogP contribution < -0.4 is 10.1 Å². The average molecular weight is 438 g/mol. The minimum Gasteiger partial charge on any atom is -0.492 e. The third kappa shape index (κ3) is 6.18. The molecule has 0 atom stereocenters. The molecule has 0 unspecified atom stereocenters. The molecule has 0 spiro atoms. The summed E-state index contributed by atoms with van der Waals surface area (Å²) in [6.45, 7) is 5.47. The molecule has 0 aliphatic carbocycles. The van der Waals surface area contributed by atoms with Crippen LogP contribution in [0.5, 0.6) is 5.75 Å². The fourth-order valence-corrected chi connectivity index (χ4v) is 5.86. The molecule has 2 saturated heterocycles. The summed E-state index contributed by atoms with van der Waals surface area (Å²) >= 11 is 0. The molecule has 0 bridgehead atoms. The smallest absolute Gasteiger partial charge is 0.246 e. The number of likely N-dealkylation sites (tertiary alicyclic amines) is 1. The number of rotatable bonds is 7. The molecule has 168 valence electrons. The van der Waals surface area contributed by atoms with Gasteiger partial charge in [-0.3, -0.25) is 9.69 Å². The van der Waals surface area contributed by atoms with Gasteiger partial charge in [0.05, 0.1) is 13.2 Å². The van der Waals surface area contributed by atoms with Crippen LogP contribution in [0.1, 0.15) is 58.3 Å². The highest BCUT2D eigenvalue weighted by atomic mass is 32.2. The molecule has 0 saturated carbocycles. The van der Waals surface area contributed by atoms with Gasteiger partial charge < -0.3 is 10.1 Å². The van der Waals surface area contributed by atoms with Crippen molar-refractivity contribution < 1.29 is 17.9 Å². The van der Waals surface area contributed by atoms with Crippen molar-refractivity contribution in [2.45, 2.75) is 63.2 Å². The first-order valence-corrected chi connectivity index (χ1v) is 12.7. The molecule has 8 heteroatoms. The minimum absolute atomic E-state index is 0.110. The number of carbonyl (C=O) groups is 1. The van der Waals surface area contributed by atoms with Gasteiger partial charge in [-0.25, -0.2) is 8.42 Å². The zero-order valence-corrected chi connectivity index (χ0v) is 18.9. The molecule has 30 heavy (non-hydrogen) atoms. The Bertz CT molecular complexity index is 799. The van der Waals surface area contributed by atoms with E-state index in [2.05, 4.69) is 10.2 Å². The molecule has 2 fully saturated rings. The molecule has 2 aliphatic rings. The predicted molar refractivity (Wildman–Crippen MR) is 118 cm³/mol. The standard InChI is InChI=1S/C22H35N3O4S/c1-2-29-20-12-11-19(17-21(20)30(27,28)25-15-9-6-10-16-25)23-22(26)18-24-13-7-4-3-5-8-14-24/h11-12,17H,2-10,13-16,18H2,1H3,(H,23,26). The summed E-state index contributed by atoms with van der Waals surface area (Å²) in [5.74, 6) is 0.228. The molecule has 1 N–H and O–H groups in total. The number of nitrogens with one attached hydrogen (secondary N) is 1. The van der Waals surface area contributed by atoms with E-state index in [1.165, 1.54) is 23.6 Å². The normalized spacial score (nSPS) is 19.6. The Morgan fingerprint density at radius 2 is 1.57 bits per heavy atom. The minimum atomic E-state index is -3.66. The van der Waals surface area contributed by atoms with Crippen molar-refractivity contribution in [3.63, 3.8) is 0 Å². The molecule has 1 amide bonds. The lowest BCUT2D eigenvalue weighted by atomic mass is 10.1. The van der Waals surface area contributed by atoms with Gasteiger partial charge in [-0.1, -0.05) is 25.7 Å². The molecular formula is C22H35N3O4S. The number of piperidine rings is 1.